The summed E-state index contributed by atoms with van der Waals surface area (Å²) in [6, 6.07) is 6.30. The molecule has 1 heterocycles. The van der Waals surface area contributed by atoms with Crippen molar-refractivity contribution in [3.05, 3.63) is 35.6 Å². The average molecular weight is 263 g/mol. The van der Waals surface area contributed by atoms with Crippen molar-refractivity contribution in [2.45, 2.75) is 6.92 Å². The molecule has 0 amide bonds. The maximum atomic E-state index is 13.7. The van der Waals surface area contributed by atoms with E-state index in [4.69, 9.17) is 11.7 Å². The third kappa shape index (κ3) is 3.06. The Balaban J connectivity index is 2.31. The number of nitrogens with zero attached hydrogens (tertiary/aromatic N) is 2. The van der Waals surface area contributed by atoms with Crippen LogP contribution in [0.5, 0.6) is 0 Å². The van der Waals surface area contributed by atoms with Crippen molar-refractivity contribution >= 4 is 23.3 Å². The second-order valence-electron chi connectivity index (χ2n) is 3.86. The number of nitrogens with one attached hydrogen (secondary N) is 3. The van der Waals surface area contributed by atoms with Crippen molar-refractivity contribution in [2.24, 2.45) is 11.7 Å². The average Bonchev–Trinajstić information content (AvgIpc) is 2.41. The number of benzene rings is 1. The van der Waals surface area contributed by atoms with Gasteiger partial charge in [-0.15, -0.1) is 0 Å². The highest BCUT2D eigenvalue weighted by atomic mass is 19.1. The third-order valence-electron chi connectivity index (χ3n) is 2.39. The molecular formula is C11H14FN7. The molecule has 0 aliphatic carbocycles. The normalized spacial score (nSPS) is 10.1. The summed E-state index contributed by atoms with van der Waals surface area (Å²) < 4.78 is 13.7. The maximum Gasteiger partial charge on any atom is 0.231 e. The highest BCUT2D eigenvalue weighted by molar-refractivity contribution is 5.59. The number of nitrogens with two attached hydrogens (primary N) is 2. The molecule has 1 aromatic heterocycles. The molecule has 0 aliphatic rings. The van der Waals surface area contributed by atoms with Gasteiger partial charge in [-0.05, 0) is 24.6 Å². The molecule has 0 fully saturated rings. The Labute approximate surface area is 109 Å². The second-order valence-corrected chi connectivity index (χ2v) is 3.86. The summed E-state index contributed by atoms with van der Waals surface area (Å²) >= 11 is 0. The van der Waals surface area contributed by atoms with Crippen LogP contribution in [0.2, 0.25) is 0 Å². The lowest BCUT2D eigenvalue weighted by Gasteiger charge is -2.10. The minimum absolute atomic E-state index is 0.172. The molecule has 19 heavy (non-hydrogen) atoms. The fourth-order valence-corrected chi connectivity index (χ4v) is 1.49. The van der Waals surface area contributed by atoms with Gasteiger partial charge < -0.3 is 16.2 Å². The molecular weight excluding hydrogens is 249 g/mol. The van der Waals surface area contributed by atoms with Crippen LogP contribution in [-0.2, 0) is 0 Å². The largest absolute Gasteiger partial charge is 0.322 e. The molecule has 100 valence electrons. The first-order chi connectivity index (χ1) is 9.12. The number of nitrogen functional groups attached to an aromatic ring is 2. The van der Waals surface area contributed by atoms with E-state index in [1.54, 1.807) is 19.1 Å². The van der Waals surface area contributed by atoms with Crippen LogP contribution in [0, 0.1) is 12.7 Å². The molecule has 1 aromatic carbocycles. The van der Waals surface area contributed by atoms with Crippen molar-refractivity contribution in [3.63, 3.8) is 0 Å². The van der Waals surface area contributed by atoms with Gasteiger partial charge in [-0.3, -0.25) is 0 Å². The highest BCUT2D eigenvalue weighted by Crippen LogP contribution is 2.20. The molecule has 0 bridgehead atoms. The lowest BCUT2D eigenvalue weighted by Crippen LogP contribution is -2.14. The van der Waals surface area contributed by atoms with E-state index < -0.39 is 5.82 Å². The van der Waals surface area contributed by atoms with Crippen LogP contribution in [0.4, 0.5) is 27.7 Å². The first-order valence-corrected chi connectivity index (χ1v) is 5.48. The fourth-order valence-electron chi connectivity index (χ4n) is 1.49. The van der Waals surface area contributed by atoms with Crippen molar-refractivity contribution in [3.8, 4) is 0 Å². The van der Waals surface area contributed by atoms with E-state index in [9.17, 15) is 4.39 Å². The Hall–Kier alpha value is -2.45. The third-order valence-corrected chi connectivity index (χ3v) is 2.39. The van der Waals surface area contributed by atoms with Crippen molar-refractivity contribution < 1.29 is 4.39 Å². The van der Waals surface area contributed by atoms with Gasteiger partial charge in [0.05, 0.1) is 5.69 Å². The van der Waals surface area contributed by atoms with E-state index in [1.807, 2.05) is 0 Å². The topological polar surface area (TPSA) is 114 Å². The van der Waals surface area contributed by atoms with Crippen LogP contribution in [0.3, 0.4) is 0 Å². The van der Waals surface area contributed by atoms with Gasteiger partial charge in [0.25, 0.3) is 0 Å². The second kappa shape index (κ2) is 5.46. The number of halogens is 1. The zero-order chi connectivity index (χ0) is 13.8. The first kappa shape index (κ1) is 13.0. The number of hydrogen-bond acceptors (Lipinski definition) is 7. The van der Waals surface area contributed by atoms with E-state index in [-0.39, 0.29) is 11.6 Å². The van der Waals surface area contributed by atoms with Gasteiger partial charge in [0.2, 0.25) is 5.95 Å². The first-order valence-electron chi connectivity index (χ1n) is 5.48. The molecule has 7 nitrogen and oxygen atoms in total. The fraction of sp³-hybridized carbons (Fsp3) is 0.0909. The summed E-state index contributed by atoms with van der Waals surface area (Å²) in [7, 11) is 0. The Morgan fingerprint density at radius 1 is 1.05 bits per heavy atom. The zero-order valence-corrected chi connectivity index (χ0v) is 10.2. The predicted octanol–water partition coefficient (Wildman–Crippen LogP) is 1.24. The molecule has 0 radical (unpaired) electrons. The lowest BCUT2D eigenvalue weighted by molar-refractivity contribution is 0.630. The number of anilines is 4. The Morgan fingerprint density at radius 2 is 1.68 bits per heavy atom. The predicted molar refractivity (Wildman–Crippen MR) is 72.1 cm³/mol. The van der Waals surface area contributed by atoms with E-state index in [0.29, 0.717) is 11.6 Å². The summed E-state index contributed by atoms with van der Waals surface area (Å²) in [4.78, 5) is 8.08. The van der Waals surface area contributed by atoms with Crippen LogP contribution in [0.1, 0.15) is 5.56 Å². The summed E-state index contributed by atoms with van der Waals surface area (Å²) in [6.07, 6.45) is 0. The molecule has 0 spiro atoms. The van der Waals surface area contributed by atoms with E-state index in [0.717, 1.165) is 5.56 Å². The number of hydrogen-bond donors (Lipinski definition) is 5. The standard InChI is InChI=1S/C11H14FN7/c1-6-2-3-8(7(12)4-6)15-11-16-9(18-13)5-10(17-11)19-14/h2-5H,13-14H2,1H3,(H3,15,16,17,18,19). The van der Waals surface area contributed by atoms with Gasteiger partial charge in [0, 0.05) is 6.07 Å². The van der Waals surface area contributed by atoms with Crippen LogP contribution in [0.15, 0.2) is 24.3 Å². The van der Waals surface area contributed by atoms with E-state index >= 15 is 0 Å². The number of rotatable bonds is 4. The maximum absolute atomic E-state index is 13.7. The Kier molecular flexibility index (Phi) is 3.74. The van der Waals surface area contributed by atoms with Gasteiger partial charge in [0.15, 0.2) is 0 Å². The van der Waals surface area contributed by atoms with Gasteiger partial charge in [-0.1, -0.05) is 6.07 Å². The number of hydrazine groups is 2. The van der Waals surface area contributed by atoms with Crippen molar-refractivity contribution in [2.75, 3.05) is 16.2 Å². The molecule has 7 N–H and O–H groups in total. The van der Waals surface area contributed by atoms with Gasteiger partial charge in [-0.25, -0.2) is 16.1 Å². The van der Waals surface area contributed by atoms with Crippen LogP contribution in [-0.4, -0.2) is 9.97 Å². The molecule has 0 atom stereocenters. The smallest absolute Gasteiger partial charge is 0.231 e. The molecule has 0 saturated carbocycles. The van der Waals surface area contributed by atoms with Gasteiger partial charge in [0.1, 0.15) is 17.5 Å². The summed E-state index contributed by atoms with van der Waals surface area (Å²) in [6.45, 7) is 1.80. The summed E-state index contributed by atoms with van der Waals surface area (Å²) in [5.74, 6) is 11.0. The number of aryl methyl sites for hydroxylation is 1. The summed E-state index contributed by atoms with van der Waals surface area (Å²) in [5.41, 5.74) is 5.83. The molecule has 8 heteroatoms. The monoisotopic (exact) mass is 263 g/mol. The molecule has 0 aliphatic heterocycles. The van der Waals surface area contributed by atoms with Crippen molar-refractivity contribution in [1.29, 1.82) is 0 Å². The highest BCUT2D eigenvalue weighted by Gasteiger charge is 2.07. The Morgan fingerprint density at radius 3 is 2.21 bits per heavy atom. The van der Waals surface area contributed by atoms with Crippen LogP contribution < -0.4 is 27.9 Å². The minimum atomic E-state index is -0.392. The quantitative estimate of drug-likeness (QED) is 0.416. The SMILES string of the molecule is Cc1ccc(Nc2nc(NN)cc(NN)n2)c(F)c1. The molecule has 2 aromatic rings. The van der Waals surface area contributed by atoms with Crippen LogP contribution >= 0.6 is 0 Å². The molecule has 0 saturated heterocycles. The minimum Gasteiger partial charge on any atom is -0.322 e. The Bertz CT molecular complexity index is 565. The molecule has 0 unspecified atom stereocenters. The van der Waals surface area contributed by atoms with E-state index in [2.05, 4.69) is 26.1 Å². The van der Waals surface area contributed by atoms with Crippen LogP contribution in [0.25, 0.3) is 0 Å². The lowest BCUT2D eigenvalue weighted by atomic mass is 10.2. The van der Waals surface area contributed by atoms with E-state index in [1.165, 1.54) is 12.1 Å². The molecule has 2 rings (SSSR count). The summed E-state index contributed by atoms with van der Waals surface area (Å²) in [5, 5.41) is 2.76. The van der Waals surface area contributed by atoms with Crippen molar-refractivity contribution in [1.82, 2.24) is 9.97 Å². The van der Waals surface area contributed by atoms with Gasteiger partial charge >= 0.3 is 0 Å². The number of aromatic nitrogens is 2. The zero-order valence-electron chi connectivity index (χ0n) is 10.2. The van der Waals surface area contributed by atoms with Gasteiger partial charge in [-0.2, -0.15) is 9.97 Å².